The molecule has 0 saturated carbocycles. The third kappa shape index (κ3) is 4.61. The summed E-state index contributed by atoms with van der Waals surface area (Å²) in [6.45, 7) is 0.151. The lowest BCUT2D eigenvalue weighted by molar-refractivity contribution is -0.120. The van der Waals surface area contributed by atoms with E-state index in [0.29, 0.717) is 17.9 Å². The summed E-state index contributed by atoms with van der Waals surface area (Å²) < 4.78 is 34.1. The van der Waals surface area contributed by atoms with Gasteiger partial charge in [-0.2, -0.15) is 4.31 Å². The highest BCUT2D eigenvalue weighted by atomic mass is 32.2. The van der Waals surface area contributed by atoms with Gasteiger partial charge in [0, 0.05) is 12.2 Å². The van der Waals surface area contributed by atoms with E-state index in [1.807, 2.05) is 54.6 Å². The Morgan fingerprint density at radius 2 is 1.53 bits per heavy atom. The molecule has 0 aliphatic carbocycles. The summed E-state index contributed by atoms with van der Waals surface area (Å²) in [5, 5.41) is 4.60. The second-order valence-corrected chi connectivity index (χ2v) is 11.0. The first-order valence-electron chi connectivity index (χ1n) is 10.8. The summed E-state index contributed by atoms with van der Waals surface area (Å²) in [5.74, 6) is 0.985. The number of rotatable bonds is 6. The van der Waals surface area contributed by atoms with E-state index in [1.54, 1.807) is 41.8 Å². The average molecular weight is 491 g/mol. The molecular formula is C26H22N2O4S2. The number of nitrogens with one attached hydrogen (secondary N) is 1. The molecule has 1 amide bonds. The first kappa shape index (κ1) is 22.3. The summed E-state index contributed by atoms with van der Waals surface area (Å²) >= 11 is 1.15. The molecule has 0 radical (unpaired) electrons. The molecule has 1 unspecified atom stereocenters. The van der Waals surface area contributed by atoms with Gasteiger partial charge in [-0.25, -0.2) is 8.42 Å². The van der Waals surface area contributed by atoms with E-state index in [1.165, 1.54) is 4.31 Å². The molecule has 0 bridgehead atoms. The van der Waals surface area contributed by atoms with Crippen molar-refractivity contribution in [3.8, 4) is 11.5 Å². The van der Waals surface area contributed by atoms with Crippen molar-refractivity contribution in [3.05, 3.63) is 108 Å². The summed E-state index contributed by atoms with van der Waals surface area (Å²) in [4.78, 5) is 13.3. The van der Waals surface area contributed by atoms with Gasteiger partial charge in [0.2, 0.25) is 5.91 Å². The monoisotopic (exact) mass is 490 g/mol. The number of fused-ring (bicyclic) bond motifs is 1. The van der Waals surface area contributed by atoms with Crippen molar-refractivity contribution in [2.75, 3.05) is 5.32 Å². The van der Waals surface area contributed by atoms with Gasteiger partial charge in [-0.15, -0.1) is 11.3 Å². The van der Waals surface area contributed by atoms with E-state index >= 15 is 0 Å². The highest BCUT2D eigenvalue weighted by Gasteiger charge is 2.40. The molecule has 0 fully saturated rings. The minimum absolute atomic E-state index is 0.151. The van der Waals surface area contributed by atoms with E-state index in [9.17, 15) is 13.2 Å². The van der Waals surface area contributed by atoms with E-state index < -0.39 is 16.1 Å². The minimum Gasteiger partial charge on any atom is -0.457 e. The number of anilines is 1. The number of hydrogen-bond donors (Lipinski definition) is 1. The number of ether oxygens (including phenoxy) is 1. The normalized spacial score (nSPS) is 15.9. The molecule has 1 aliphatic heterocycles. The Morgan fingerprint density at radius 3 is 2.24 bits per heavy atom. The highest BCUT2D eigenvalue weighted by molar-refractivity contribution is 7.91. The van der Waals surface area contributed by atoms with Crippen molar-refractivity contribution in [1.29, 1.82) is 0 Å². The number of sulfonamides is 1. The topological polar surface area (TPSA) is 75.7 Å². The Kier molecular flexibility index (Phi) is 6.19. The molecule has 172 valence electrons. The van der Waals surface area contributed by atoms with Crippen LogP contribution >= 0.6 is 11.3 Å². The molecule has 4 aromatic rings. The maximum Gasteiger partial charge on any atom is 0.253 e. The van der Waals surface area contributed by atoms with Gasteiger partial charge < -0.3 is 10.1 Å². The summed E-state index contributed by atoms with van der Waals surface area (Å²) in [6.07, 6.45) is 0.307. The summed E-state index contributed by atoms with van der Waals surface area (Å²) in [6, 6.07) is 26.5. The first-order valence-corrected chi connectivity index (χ1v) is 13.1. The molecule has 2 heterocycles. The van der Waals surface area contributed by atoms with Gasteiger partial charge >= 0.3 is 0 Å². The number of benzene rings is 3. The van der Waals surface area contributed by atoms with Crippen LogP contribution < -0.4 is 10.1 Å². The zero-order valence-corrected chi connectivity index (χ0v) is 19.8. The predicted molar refractivity (Wildman–Crippen MR) is 133 cm³/mol. The van der Waals surface area contributed by atoms with E-state index in [2.05, 4.69) is 5.32 Å². The molecule has 3 aromatic carbocycles. The number of hydrogen-bond acceptors (Lipinski definition) is 5. The second kappa shape index (κ2) is 9.42. The molecule has 1 N–H and O–H groups in total. The minimum atomic E-state index is -3.82. The maximum absolute atomic E-state index is 13.4. The lowest BCUT2D eigenvalue weighted by Crippen LogP contribution is -2.50. The van der Waals surface area contributed by atoms with Crippen LogP contribution in [0.3, 0.4) is 0 Å². The molecule has 8 heteroatoms. The molecule has 1 atom stereocenters. The zero-order valence-electron chi connectivity index (χ0n) is 18.1. The molecule has 5 rings (SSSR count). The van der Waals surface area contributed by atoms with Crippen LogP contribution in [0.25, 0.3) is 0 Å². The van der Waals surface area contributed by atoms with Crippen molar-refractivity contribution < 1.29 is 17.9 Å². The van der Waals surface area contributed by atoms with Crippen LogP contribution in [0, 0.1) is 0 Å². The molecule has 0 spiro atoms. The highest BCUT2D eigenvalue weighted by Crippen LogP contribution is 2.31. The number of para-hydroxylation sites is 1. The van der Waals surface area contributed by atoms with Crippen molar-refractivity contribution >= 4 is 33.0 Å². The van der Waals surface area contributed by atoms with Crippen LogP contribution in [0.2, 0.25) is 0 Å². The average Bonchev–Trinajstić information content (AvgIpc) is 3.41. The van der Waals surface area contributed by atoms with Crippen LogP contribution in [0.4, 0.5) is 5.69 Å². The fraction of sp³-hybridized carbons (Fsp3) is 0.115. The number of amides is 1. The molecule has 0 saturated heterocycles. The number of thiophene rings is 1. The SMILES string of the molecule is O=C(Nc1ccc(Oc2ccccc2)cc1)C1Cc2ccccc2CN1S(=O)(=O)c1cccs1. The standard InChI is InChI=1S/C26H22N2O4S2/c29-26(27-21-12-14-23(15-13-21)32-22-9-2-1-3-10-22)24-17-19-7-4-5-8-20(19)18-28(24)34(30,31)25-11-6-16-33-25/h1-16,24H,17-18H2,(H,27,29). The Bertz CT molecular complexity index is 1390. The fourth-order valence-electron chi connectivity index (χ4n) is 3.96. The first-order chi connectivity index (χ1) is 16.5. The quantitative estimate of drug-likeness (QED) is 0.398. The Morgan fingerprint density at radius 1 is 0.853 bits per heavy atom. The van der Waals surface area contributed by atoms with Crippen LogP contribution in [-0.4, -0.2) is 24.7 Å². The van der Waals surface area contributed by atoms with Crippen LogP contribution in [0.15, 0.2) is 101 Å². The van der Waals surface area contributed by atoms with E-state index in [0.717, 1.165) is 28.2 Å². The molecule has 1 aromatic heterocycles. The van der Waals surface area contributed by atoms with Crippen LogP contribution in [0.1, 0.15) is 11.1 Å². The molecule has 6 nitrogen and oxygen atoms in total. The summed E-state index contributed by atoms with van der Waals surface area (Å²) in [5.41, 5.74) is 2.46. The number of carbonyl (C=O) groups excluding carboxylic acids is 1. The van der Waals surface area contributed by atoms with Crippen molar-refractivity contribution in [1.82, 2.24) is 4.31 Å². The van der Waals surface area contributed by atoms with Gasteiger partial charge in [0.25, 0.3) is 10.0 Å². The smallest absolute Gasteiger partial charge is 0.253 e. The van der Waals surface area contributed by atoms with Crippen molar-refractivity contribution in [2.24, 2.45) is 0 Å². The van der Waals surface area contributed by atoms with Gasteiger partial charge in [-0.3, -0.25) is 4.79 Å². The maximum atomic E-state index is 13.4. The number of nitrogens with zero attached hydrogens (tertiary/aromatic N) is 1. The largest absolute Gasteiger partial charge is 0.457 e. The van der Waals surface area contributed by atoms with Gasteiger partial charge in [-0.1, -0.05) is 48.5 Å². The lowest BCUT2D eigenvalue weighted by atomic mass is 9.95. The van der Waals surface area contributed by atoms with E-state index in [-0.39, 0.29) is 16.7 Å². The second-order valence-electron chi connectivity index (χ2n) is 7.90. The number of carbonyl (C=O) groups is 1. The van der Waals surface area contributed by atoms with Gasteiger partial charge in [0.05, 0.1) is 0 Å². The van der Waals surface area contributed by atoms with E-state index in [4.69, 9.17) is 4.74 Å². The third-order valence-corrected chi connectivity index (χ3v) is 8.89. The fourth-order valence-corrected chi connectivity index (χ4v) is 6.64. The van der Waals surface area contributed by atoms with Gasteiger partial charge in [0.1, 0.15) is 21.8 Å². The Labute approximate surface area is 202 Å². The van der Waals surface area contributed by atoms with Crippen molar-refractivity contribution in [2.45, 2.75) is 23.2 Å². The Hall–Kier alpha value is -3.46. The predicted octanol–water partition coefficient (Wildman–Crippen LogP) is 5.29. The molecule has 34 heavy (non-hydrogen) atoms. The van der Waals surface area contributed by atoms with Crippen LogP contribution in [-0.2, 0) is 27.8 Å². The van der Waals surface area contributed by atoms with Crippen LogP contribution in [0.5, 0.6) is 11.5 Å². The molecule has 1 aliphatic rings. The Balaban J connectivity index is 1.37. The third-order valence-electron chi connectivity index (χ3n) is 5.67. The summed E-state index contributed by atoms with van der Waals surface area (Å²) in [7, 11) is -3.82. The molecular weight excluding hydrogens is 468 g/mol. The van der Waals surface area contributed by atoms with Gasteiger partial charge in [-0.05, 0) is 65.4 Å². The van der Waals surface area contributed by atoms with Gasteiger partial charge in [0.15, 0.2) is 0 Å². The van der Waals surface area contributed by atoms with Crippen molar-refractivity contribution in [3.63, 3.8) is 0 Å². The zero-order chi connectivity index (χ0) is 23.5. The lowest BCUT2D eigenvalue weighted by Gasteiger charge is -2.34.